The normalized spacial score (nSPS) is 32.4. The quantitative estimate of drug-likeness (QED) is 0.193. The molecule has 2 aromatic rings. The number of rotatable bonds is 4. The molecule has 0 aromatic heterocycles. The monoisotopic (exact) mass is 684 g/mol. The van der Waals surface area contributed by atoms with Crippen LogP contribution in [0.5, 0.6) is 34.5 Å². The van der Waals surface area contributed by atoms with Gasteiger partial charge in [0.15, 0.2) is 23.0 Å². The number of hydrogen-bond acceptors (Lipinski definition) is 18. The summed E-state index contributed by atoms with van der Waals surface area (Å²) in [7, 11) is 4.98. The van der Waals surface area contributed by atoms with Crippen molar-refractivity contribution in [3.63, 3.8) is 0 Å². The number of ether oxygens (including phenoxy) is 10. The Kier molecular flexibility index (Phi) is 10.7. The fourth-order valence-corrected chi connectivity index (χ4v) is 5.25. The minimum Gasteiger partial charge on any atom is -0.493 e. The predicted octanol–water partition coefficient (Wildman–Crippen LogP) is -1.88. The molecule has 6 aliphatic heterocycles. The van der Waals surface area contributed by atoms with Gasteiger partial charge in [-0.05, 0) is 24.3 Å². The van der Waals surface area contributed by atoms with Crippen LogP contribution in [0.3, 0.4) is 0 Å². The summed E-state index contributed by atoms with van der Waals surface area (Å²) in [6.45, 7) is -1.26. The molecule has 0 unspecified atom stereocenters. The molecule has 6 N–H and O–H groups in total. The summed E-state index contributed by atoms with van der Waals surface area (Å²) in [6, 6.07) is 4.82. The lowest BCUT2D eigenvalue weighted by Gasteiger charge is -2.40. The molecule has 0 amide bonds. The molecule has 2 saturated heterocycles. The Hall–Kier alpha value is -4.14. The van der Waals surface area contributed by atoms with Crippen molar-refractivity contribution in [2.24, 2.45) is 0 Å². The van der Waals surface area contributed by atoms with Gasteiger partial charge in [-0.2, -0.15) is 0 Å². The maximum absolute atomic E-state index is 13.1. The average Bonchev–Trinajstić information content (AvgIpc) is 3.09. The van der Waals surface area contributed by atoms with Crippen LogP contribution in [0, 0.1) is 0 Å². The molecule has 0 spiro atoms. The number of carbonyl (C=O) groups is 2. The van der Waals surface area contributed by atoms with Gasteiger partial charge < -0.3 is 78.0 Å². The lowest BCUT2D eigenvalue weighted by molar-refractivity contribution is -0.277. The van der Waals surface area contributed by atoms with Crippen LogP contribution in [0.1, 0.15) is 20.7 Å². The third-order valence-electron chi connectivity index (χ3n) is 7.96. The molecule has 18 heteroatoms. The third-order valence-corrected chi connectivity index (χ3v) is 7.96. The van der Waals surface area contributed by atoms with Gasteiger partial charge in [0.1, 0.15) is 62.0 Å². The van der Waals surface area contributed by atoms with Crippen molar-refractivity contribution < 1.29 is 87.6 Å². The summed E-state index contributed by atoms with van der Waals surface area (Å²) in [4.78, 5) is 26.3. The van der Waals surface area contributed by atoms with Gasteiger partial charge in [0.05, 0.1) is 39.6 Å². The van der Waals surface area contributed by atoms with Crippen LogP contribution in [-0.2, 0) is 18.9 Å². The first-order valence-electron chi connectivity index (χ1n) is 14.5. The van der Waals surface area contributed by atoms with Crippen molar-refractivity contribution in [1.82, 2.24) is 0 Å². The lowest BCUT2D eigenvalue weighted by Crippen LogP contribution is -2.60. The van der Waals surface area contributed by atoms with Crippen LogP contribution in [0.4, 0.5) is 0 Å². The molecule has 0 radical (unpaired) electrons. The molecule has 8 bridgehead atoms. The Morgan fingerprint density at radius 3 is 1.12 bits per heavy atom. The summed E-state index contributed by atoms with van der Waals surface area (Å²) in [6.07, 6.45) is -16.8. The Morgan fingerprint density at radius 1 is 0.521 bits per heavy atom. The van der Waals surface area contributed by atoms with Crippen LogP contribution in [0.2, 0.25) is 0 Å². The minimum atomic E-state index is -1.81. The first-order chi connectivity index (χ1) is 22.9. The van der Waals surface area contributed by atoms with Gasteiger partial charge in [0.2, 0.25) is 24.1 Å². The Bertz CT molecular complexity index is 1320. The lowest BCUT2D eigenvalue weighted by atomic mass is 9.99. The van der Waals surface area contributed by atoms with E-state index in [0.29, 0.717) is 0 Å². The fourth-order valence-electron chi connectivity index (χ4n) is 5.25. The highest BCUT2D eigenvalue weighted by Crippen LogP contribution is 2.42. The van der Waals surface area contributed by atoms with Crippen LogP contribution in [0.25, 0.3) is 0 Å². The third kappa shape index (κ3) is 6.74. The predicted molar refractivity (Wildman–Crippen MR) is 154 cm³/mol. The second kappa shape index (κ2) is 14.5. The first kappa shape index (κ1) is 35.2. The molecule has 48 heavy (non-hydrogen) atoms. The van der Waals surface area contributed by atoms with Gasteiger partial charge in [-0.25, -0.2) is 9.59 Å². The highest BCUT2D eigenvalue weighted by Gasteiger charge is 2.48. The van der Waals surface area contributed by atoms with Gasteiger partial charge in [-0.15, -0.1) is 0 Å². The molecule has 8 rings (SSSR count). The van der Waals surface area contributed by atoms with E-state index in [1.807, 2.05) is 0 Å². The fraction of sp³-hybridized carbons (Fsp3) is 0.533. The maximum Gasteiger partial charge on any atom is 0.338 e. The molecule has 0 saturated carbocycles. The number of aliphatic hydroxyl groups is 6. The van der Waals surface area contributed by atoms with E-state index in [1.54, 1.807) is 0 Å². The molecule has 6 heterocycles. The van der Waals surface area contributed by atoms with E-state index in [2.05, 4.69) is 0 Å². The van der Waals surface area contributed by atoms with E-state index in [4.69, 9.17) is 47.4 Å². The van der Waals surface area contributed by atoms with E-state index in [9.17, 15) is 40.2 Å². The second-order valence-corrected chi connectivity index (χ2v) is 10.9. The van der Waals surface area contributed by atoms with Gasteiger partial charge in [-0.3, -0.25) is 0 Å². The number of benzene rings is 2. The summed E-state index contributed by atoms with van der Waals surface area (Å²) >= 11 is 0. The molecule has 10 atom stereocenters. The number of hydrogen-bond donors (Lipinski definition) is 6. The van der Waals surface area contributed by atoms with Crippen molar-refractivity contribution in [2.75, 3.05) is 41.7 Å². The minimum absolute atomic E-state index is 0.102. The maximum atomic E-state index is 13.1. The van der Waals surface area contributed by atoms with Crippen molar-refractivity contribution >= 4 is 11.9 Å². The van der Waals surface area contributed by atoms with Gasteiger partial charge in [0.25, 0.3) is 0 Å². The second-order valence-electron chi connectivity index (χ2n) is 10.9. The molecule has 264 valence electrons. The topological polar surface area (TPSA) is 248 Å². The van der Waals surface area contributed by atoms with Crippen molar-refractivity contribution in [3.8, 4) is 34.5 Å². The van der Waals surface area contributed by atoms with E-state index < -0.39 is 86.6 Å². The van der Waals surface area contributed by atoms with Gasteiger partial charge in [0, 0.05) is 0 Å². The Morgan fingerprint density at radius 2 is 0.833 bits per heavy atom. The molecule has 6 aliphatic rings. The van der Waals surface area contributed by atoms with Crippen LogP contribution in [-0.4, -0.2) is 146 Å². The van der Waals surface area contributed by atoms with E-state index >= 15 is 0 Å². The van der Waals surface area contributed by atoms with E-state index in [0.717, 1.165) is 0 Å². The summed E-state index contributed by atoms with van der Waals surface area (Å²) in [5.41, 5.74) is -0.256. The summed E-state index contributed by atoms with van der Waals surface area (Å²) in [5.74, 6) is -2.67. The van der Waals surface area contributed by atoms with Crippen molar-refractivity contribution in [3.05, 3.63) is 35.4 Å². The number of methoxy groups -OCH3 is 4. The molecule has 2 fully saturated rings. The van der Waals surface area contributed by atoms with Gasteiger partial charge in [-0.1, -0.05) is 0 Å². The van der Waals surface area contributed by atoms with Crippen LogP contribution < -0.4 is 28.4 Å². The number of esters is 2. The molecular weight excluding hydrogens is 648 g/mol. The Balaban J connectivity index is 1.56. The zero-order chi connectivity index (χ0) is 34.9. The molecule has 2 aromatic carbocycles. The largest absolute Gasteiger partial charge is 0.493 e. The average molecular weight is 685 g/mol. The first-order valence-corrected chi connectivity index (χ1v) is 14.5. The van der Waals surface area contributed by atoms with E-state index in [1.165, 1.54) is 52.7 Å². The molecule has 0 aliphatic carbocycles. The standard InChI is InChI=1S/C30H36O18/c1-39-13-5-11-6-14(40-2)25(13)47-29-23(35)21(33)19(31)17(45-29)10-44-28(38)12-7-15(41-3)26(16(8-12)42-4)48-30-24(36)22(34)20(32)18(46-30)9-43-27(11)37/h5-8,17-24,29-36H,9-10H2,1-4H3/t17-,18-,19-,20-,21+,22+,23-,24-,29+,30+/m1/s1. The highest BCUT2D eigenvalue weighted by molar-refractivity contribution is 5.92. The SMILES string of the molecule is COc1cc2cc(OC)c1O[C@@H]1O[C@H](COC(=O)c3cc(OC)c(c(OC)c3)O[C@@H]3O[C@H](COC2=O)[C@@H](O)[C@H](O)[C@H]3O)[C@@H](O)[C@H](O)[C@H]1O. The zero-order valence-electron chi connectivity index (χ0n) is 26.1. The van der Waals surface area contributed by atoms with Gasteiger partial charge >= 0.3 is 11.9 Å². The molecule has 18 nitrogen and oxygen atoms in total. The number of aliphatic hydroxyl groups excluding tert-OH is 6. The highest BCUT2D eigenvalue weighted by atomic mass is 16.7. The molecular formula is C30H36O18. The summed E-state index contributed by atoms with van der Waals surface area (Å²) < 4.78 is 55.2. The smallest absolute Gasteiger partial charge is 0.338 e. The van der Waals surface area contributed by atoms with E-state index in [-0.39, 0.29) is 45.6 Å². The van der Waals surface area contributed by atoms with Crippen LogP contribution >= 0.6 is 0 Å². The number of carbonyl (C=O) groups excluding carboxylic acids is 2. The van der Waals surface area contributed by atoms with Crippen molar-refractivity contribution in [2.45, 2.75) is 61.4 Å². The Labute approximate surface area is 272 Å². The summed E-state index contributed by atoms with van der Waals surface area (Å²) in [5, 5.41) is 63.8. The zero-order valence-corrected chi connectivity index (χ0v) is 26.1. The van der Waals surface area contributed by atoms with Crippen LogP contribution in [0.15, 0.2) is 24.3 Å². The van der Waals surface area contributed by atoms with Crippen molar-refractivity contribution in [1.29, 1.82) is 0 Å².